The summed E-state index contributed by atoms with van der Waals surface area (Å²) in [5.74, 6) is 0.832. The zero-order chi connectivity index (χ0) is 13.7. The van der Waals surface area contributed by atoms with Crippen molar-refractivity contribution in [1.82, 2.24) is 0 Å². The molecule has 0 unspecified atom stereocenters. The van der Waals surface area contributed by atoms with Crippen LogP contribution in [0.1, 0.15) is 37.3 Å². The number of hydrogen-bond acceptors (Lipinski definition) is 3. The fourth-order valence-corrected chi connectivity index (χ4v) is 2.05. The largest absolute Gasteiger partial charge is 0.493 e. The molecule has 100 valence electrons. The minimum absolute atomic E-state index is 0.246. The highest BCUT2D eigenvalue weighted by molar-refractivity contribution is 6.31. The van der Waals surface area contributed by atoms with Gasteiger partial charge in [-0.3, -0.25) is 4.79 Å². The van der Waals surface area contributed by atoms with Gasteiger partial charge in [0.05, 0.1) is 20.1 Å². The summed E-state index contributed by atoms with van der Waals surface area (Å²) in [6.45, 7) is 6.40. The topological polar surface area (TPSA) is 35.5 Å². The third-order valence-corrected chi connectivity index (χ3v) is 3.04. The second-order valence-corrected chi connectivity index (χ2v) is 4.88. The molecule has 4 heteroatoms. The number of aryl methyl sites for hydroxylation is 1. The van der Waals surface area contributed by atoms with E-state index in [0.29, 0.717) is 12.5 Å². The highest BCUT2D eigenvalue weighted by atomic mass is 35.5. The van der Waals surface area contributed by atoms with Gasteiger partial charge in [-0.15, -0.1) is 0 Å². The molecule has 0 saturated heterocycles. The number of rotatable bonds is 5. The van der Waals surface area contributed by atoms with Crippen LogP contribution in [0.15, 0.2) is 12.1 Å². The summed E-state index contributed by atoms with van der Waals surface area (Å²) in [6.07, 6.45) is 0.246. The molecule has 0 aliphatic rings. The maximum absolute atomic E-state index is 11.0. The van der Waals surface area contributed by atoms with E-state index in [0.717, 1.165) is 21.9 Å². The fourth-order valence-electron chi connectivity index (χ4n) is 1.61. The van der Waals surface area contributed by atoms with Gasteiger partial charge in [0, 0.05) is 5.02 Å². The molecule has 0 N–H and O–H groups in total. The summed E-state index contributed by atoms with van der Waals surface area (Å²) in [5, 5.41) is 0.753. The van der Waals surface area contributed by atoms with Crippen LogP contribution in [0.4, 0.5) is 0 Å². The summed E-state index contributed by atoms with van der Waals surface area (Å²) in [7, 11) is 1.37. The Bertz CT molecular complexity index is 427. The lowest BCUT2D eigenvalue weighted by Gasteiger charge is -2.14. The molecule has 0 atom stereocenters. The van der Waals surface area contributed by atoms with Crippen LogP contribution in [-0.2, 0) is 9.53 Å². The summed E-state index contributed by atoms with van der Waals surface area (Å²) < 4.78 is 10.2. The third kappa shape index (κ3) is 3.91. The molecular weight excluding hydrogens is 252 g/mol. The van der Waals surface area contributed by atoms with Gasteiger partial charge in [0.15, 0.2) is 0 Å². The van der Waals surface area contributed by atoms with Gasteiger partial charge < -0.3 is 9.47 Å². The number of carbonyl (C=O) groups excluding carboxylic acids is 1. The zero-order valence-corrected chi connectivity index (χ0v) is 12.0. The van der Waals surface area contributed by atoms with Crippen LogP contribution < -0.4 is 4.74 Å². The SMILES string of the molecule is COC(=O)CCOc1cc(C(C)C)c(Cl)cc1C. The zero-order valence-electron chi connectivity index (χ0n) is 11.2. The van der Waals surface area contributed by atoms with Crippen LogP contribution >= 0.6 is 11.6 Å². The first-order valence-electron chi connectivity index (χ1n) is 5.95. The van der Waals surface area contributed by atoms with Crippen LogP contribution in [0.3, 0.4) is 0 Å². The maximum Gasteiger partial charge on any atom is 0.308 e. The molecule has 1 aromatic rings. The van der Waals surface area contributed by atoms with E-state index < -0.39 is 0 Å². The van der Waals surface area contributed by atoms with Gasteiger partial charge in [0.1, 0.15) is 5.75 Å². The Morgan fingerprint density at radius 1 is 1.39 bits per heavy atom. The number of halogens is 1. The van der Waals surface area contributed by atoms with Crippen LogP contribution in [0.5, 0.6) is 5.75 Å². The summed E-state index contributed by atoms with van der Waals surface area (Å²) >= 11 is 6.17. The summed E-state index contributed by atoms with van der Waals surface area (Å²) in [5.41, 5.74) is 2.02. The Balaban J connectivity index is 2.76. The first kappa shape index (κ1) is 14.8. The third-order valence-electron chi connectivity index (χ3n) is 2.71. The molecule has 0 spiro atoms. The lowest BCUT2D eigenvalue weighted by Crippen LogP contribution is -2.08. The van der Waals surface area contributed by atoms with E-state index in [1.54, 1.807) is 0 Å². The molecule has 3 nitrogen and oxygen atoms in total. The van der Waals surface area contributed by atoms with Crippen molar-refractivity contribution >= 4 is 17.6 Å². The Hall–Kier alpha value is -1.22. The standard InChI is InChI=1S/C14H19ClO3/c1-9(2)11-8-13(10(3)7-12(11)15)18-6-5-14(16)17-4/h7-9H,5-6H2,1-4H3. The van der Waals surface area contributed by atoms with Crippen molar-refractivity contribution in [3.63, 3.8) is 0 Å². The van der Waals surface area contributed by atoms with Crippen LogP contribution in [0.2, 0.25) is 5.02 Å². The molecule has 0 fully saturated rings. The van der Waals surface area contributed by atoms with Crippen LogP contribution in [0, 0.1) is 6.92 Å². The smallest absolute Gasteiger partial charge is 0.308 e. The van der Waals surface area contributed by atoms with E-state index in [2.05, 4.69) is 18.6 Å². The van der Waals surface area contributed by atoms with Crippen molar-refractivity contribution in [2.45, 2.75) is 33.1 Å². The van der Waals surface area contributed by atoms with Crippen molar-refractivity contribution in [1.29, 1.82) is 0 Å². The normalized spacial score (nSPS) is 10.6. The Morgan fingerprint density at radius 3 is 2.61 bits per heavy atom. The molecule has 0 aliphatic carbocycles. The highest BCUT2D eigenvalue weighted by Gasteiger charge is 2.10. The number of esters is 1. The van der Waals surface area contributed by atoms with Gasteiger partial charge in [-0.2, -0.15) is 0 Å². The monoisotopic (exact) mass is 270 g/mol. The van der Waals surface area contributed by atoms with Gasteiger partial charge in [0.25, 0.3) is 0 Å². The highest BCUT2D eigenvalue weighted by Crippen LogP contribution is 2.31. The Morgan fingerprint density at radius 2 is 2.06 bits per heavy atom. The lowest BCUT2D eigenvalue weighted by molar-refractivity contribution is -0.141. The average Bonchev–Trinajstić information content (AvgIpc) is 2.31. The predicted octanol–water partition coefficient (Wildman–Crippen LogP) is 3.71. The van der Waals surface area contributed by atoms with Gasteiger partial charge in [-0.25, -0.2) is 0 Å². The van der Waals surface area contributed by atoms with Crippen molar-refractivity contribution in [3.05, 3.63) is 28.3 Å². The van der Waals surface area contributed by atoms with Gasteiger partial charge >= 0.3 is 5.97 Å². The number of methoxy groups -OCH3 is 1. The second kappa shape index (κ2) is 6.64. The Labute approximate surface area is 113 Å². The van der Waals surface area contributed by atoms with E-state index in [-0.39, 0.29) is 12.4 Å². The van der Waals surface area contributed by atoms with Crippen molar-refractivity contribution in [2.75, 3.05) is 13.7 Å². The molecule has 0 aromatic heterocycles. The van der Waals surface area contributed by atoms with E-state index in [9.17, 15) is 4.79 Å². The average molecular weight is 271 g/mol. The van der Waals surface area contributed by atoms with E-state index in [1.165, 1.54) is 7.11 Å². The maximum atomic E-state index is 11.0. The molecule has 0 bridgehead atoms. The van der Waals surface area contributed by atoms with Gasteiger partial charge in [0.2, 0.25) is 0 Å². The molecule has 0 saturated carbocycles. The first-order chi connectivity index (χ1) is 8.45. The van der Waals surface area contributed by atoms with E-state index in [4.69, 9.17) is 16.3 Å². The van der Waals surface area contributed by atoms with Crippen molar-refractivity contribution in [2.24, 2.45) is 0 Å². The lowest BCUT2D eigenvalue weighted by atomic mass is 10.0. The van der Waals surface area contributed by atoms with Crippen LogP contribution in [-0.4, -0.2) is 19.7 Å². The summed E-state index contributed by atoms with van der Waals surface area (Å²) in [6, 6.07) is 3.84. The van der Waals surface area contributed by atoms with Gasteiger partial charge in [-0.1, -0.05) is 25.4 Å². The molecule has 1 rings (SSSR count). The number of hydrogen-bond donors (Lipinski definition) is 0. The Kier molecular flexibility index (Phi) is 5.48. The van der Waals surface area contributed by atoms with Crippen LogP contribution in [0.25, 0.3) is 0 Å². The minimum Gasteiger partial charge on any atom is -0.493 e. The molecule has 0 amide bonds. The van der Waals surface area contributed by atoms with E-state index >= 15 is 0 Å². The first-order valence-corrected chi connectivity index (χ1v) is 6.33. The number of ether oxygens (including phenoxy) is 2. The quantitative estimate of drug-likeness (QED) is 0.765. The van der Waals surface area contributed by atoms with Gasteiger partial charge in [-0.05, 0) is 36.1 Å². The number of carbonyl (C=O) groups is 1. The minimum atomic E-state index is -0.273. The second-order valence-electron chi connectivity index (χ2n) is 4.47. The van der Waals surface area contributed by atoms with Crippen molar-refractivity contribution < 1.29 is 14.3 Å². The van der Waals surface area contributed by atoms with Crippen molar-refractivity contribution in [3.8, 4) is 5.75 Å². The summed E-state index contributed by atoms with van der Waals surface area (Å²) in [4.78, 5) is 11.0. The fraction of sp³-hybridized carbons (Fsp3) is 0.500. The molecule has 0 radical (unpaired) electrons. The van der Waals surface area contributed by atoms with E-state index in [1.807, 2.05) is 19.1 Å². The molecule has 0 aliphatic heterocycles. The molecule has 1 aromatic carbocycles. The molecule has 18 heavy (non-hydrogen) atoms. The predicted molar refractivity (Wildman–Crippen MR) is 72.4 cm³/mol. The molecule has 0 heterocycles. The molecular formula is C14H19ClO3. The number of benzene rings is 1.